The summed E-state index contributed by atoms with van der Waals surface area (Å²) >= 11 is 1.41. The molecule has 0 bridgehead atoms. The molecule has 4 heterocycles. The smallest absolute Gasteiger partial charge is 0.338 e. The van der Waals surface area contributed by atoms with Crippen molar-refractivity contribution in [2.24, 2.45) is 7.05 Å². The first-order valence-corrected chi connectivity index (χ1v) is 10.1. The maximum atomic E-state index is 12.9. The molecule has 0 aliphatic carbocycles. The van der Waals surface area contributed by atoms with Crippen LogP contribution in [0.2, 0.25) is 0 Å². The molecule has 0 N–H and O–H groups in total. The minimum atomic E-state index is -4.39. The summed E-state index contributed by atoms with van der Waals surface area (Å²) < 4.78 is 43.3. The molecule has 1 saturated heterocycles. The van der Waals surface area contributed by atoms with Gasteiger partial charge < -0.3 is 4.90 Å². The van der Waals surface area contributed by atoms with Crippen LogP contribution in [-0.4, -0.2) is 38.2 Å². The second-order valence-corrected chi connectivity index (χ2v) is 8.30. The number of hydrogen-bond acceptors (Lipinski definition) is 3. The van der Waals surface area contributed by atoms with Gasteiger partial charge in [0.05, 0.1) is 26.0 Å². The van der Waals surface area contributed by atoms with Crippen molar-refractivity contribution in [3.8, 4) is 5.69 Å². The third-order valence-electron chi connectivity index (χ3n) is 5.28. The third-order valence-corrected chi connectivity index (χ3v) is 6.42. The van der Waals surface area contributed by atoms with E-state index in [1.807, 2.05) is 21.7 Å². The molecule has 5 nitrogen and oxygen atoms in total. The second kappa shape index (κ2) is 6.35. The fraction of sp³-hybridized carbons (Fsp3) is 0.300. The Morgan fingerprint density at radius 1 is 1.14 bits per heavy atom. The molecule has 1 aliphatic rings. The van der Waals surface area contributed by atoms with Crippen LogP contribution in [0.25, 0.3) is 26.9 Å². The fourth-order valence-corrected chi connectivity index (χ4v) is 5.01. The number of aryl methyl sites for hydroxylation is 1. The molecule has 1 fully saturated rings. The predicted molar refractivity (Wildman–Crippen MR) is 106 cm³/mol. The number of carbonyl (C=O) groups excluding carboxylic acids is 1. The van der Waals surface area contributed by atoms with E-state index in [-0.39, 0.29) is 5.91 Å². The van der Waals surface area contributed by atoms with Gasteiger partial charge in [-0.2, -0.15) is 18.3 Å². The second-order valence-electron chi connectivity index (χ2n) is 7.24. The van der Waals surface area contributed by atoms with Crippen LogP contribution < -0.4 is 0 Å². The number of fused-ring (bicyclic) bond motifs is 3. The molecule has 0 unspecified atom stereocenters. The van der Waals surface area contributed by atoms with E-state index in [0.29, 0.717) is 16.2 Å². The summed E-state index contributed by atoms with van der Waals surface area (Å²) in [5, 5.41) is 5.37. The zero-order valence-corrected chi connectivity index (χ0v) is 16.3. The Kier molecular flexibility index (Phi) is 3.99. The lowest BCUT2D eigenvalue weighted by Crippen LogP contribution is -2.26. The highest BCUT2D eigenvalue weighted by Gasteiger charge is 2.30. The minimum Gasteiger partial charge on any atom is -0.338 e. The van der Waals surface area contributed by atoms with Crippen LogP contribution in [0.15, 0.2) is 36.5 Å². The normalized spacial score (nSPS) is 15.1. The molecule has 1 aromatic carbocycles. The number of thiophene rings is 1. The van der Waals surface area contributed by atoms with E-state index in [2.05, 4.69) is 5.10 Å². The molecule has 0 atom stereocenters. The van der Waals surface area contributed by atoms with Gasteiger partial charge in [-0.1, -0.05) is 0 Å². The number of rotatable bonds is 2. The monoisotopic (exact) mass is 418 g/mol. The van der Waals surface area contributed by atoms with Crippen LogP contribution in [0.5, 0.6) is 0 Å². The number of aromatic nitrogens is 3. The topological polar surface area (TPSA) is 43.1 Å². The predicted octanol–water partition coefficient (Wildman–Crippen LogP) is 4.83. The SMILES string of the molecule is Cn1cc2c3sc(C(=O)N4CCCC4)cc3n(-c3ccc(C(F)(F)F)cc3)c2n1. The summed E-state index contributed by atoms with van der Waals surface area (Å²) in [6, 6.07) is 6.85. The highest BCUT2D eigenvalue weighted by atomic mass is 32.1. The molecule has 1 aliphatic heterocycles. The van der Waals surface area contributed by atoms with Crippen molar-refractivity contribution >= 4 is 38.5 Å². The summed E-state index contributed by atoms with van der Waals surface area (Å²) in [5.41, 5.74) is 1.33. The Morgan fingerprint density at radius 2 is 1.83 bits per heavy atom. The molecule has 9 heteroatoms. The van der Waals surface area contributed by atoms with Crippen LogP contribution in [0, 0.1) is 0 Å². The highest BCUT2D eigenvalue weighted by molar-refractivity contribution is 7.21. The molecule has 1 amide bonds. The maximum Gasteiger partial charge on any atom is 0.416 e. The Balaban J connectivity index is 1.67. The highest BCUT2D eigenvalue weighted by Crippen LogP contribution is 2.38. The molecule has 3 aromatic heterocycles. The summed E-state index contributed by atoms with van der Waals surface area (Å²) in [5.74, 6) is 0.0136. The van der Waals surface area contributed by atoms with Gasteiger partial charge >= 0.3 is 6.18 Å². The average Bonchev–Trinajstić information content (AvgIpc) is 3.43. The van der Waals surface area contributed by atoms with Crippen molar-refractivity contribution in [1.82, 2.24) is 19.2 Å². The number of amides is 1. The van der Waals surface area contributed by atoms with Gasteiger partial charge in [-0.3, -0.25) is 14.0 Å². The Morgan fingerprint density at radius 3 is 2.48 bits per heavy atom. The molecule has 150 valence electrons. The quantitative estimate of drug-likeness (QED) is 0.468. The number of carbonyl (C=O) groups is 1. The van der Waals surface area contributed by atoms with Crippen LogP contribution >= 0.6 is 11.3 Å². The molecule has 5 rings (SSSR count). The number of hydrogen-bond donors (Lipinski definition) is 0. The van der Waals surface area contributed by atoms with Crippen LogP contribution in [0.1, 0.15) is 28.1 Å². The Bertz CT molecular complexity index is 1230. The zero-order chi connectivity index (χ0) is 20.3. The molecule has 0 spiro atoms. The third kappa shape index (κ3) is 2.91. The molecule has 29 heavy (non-hydrogen) atoms. The fourth-order valence-electron chi connectivity index (χ4n) is 3.90. The van der Waals surface area contributed by atoms with Crippen LogP contribution in [0.4, 0.5) is 13.2 Å². The van der Waals surface area contributed by atoms with Crippen molar-refractivity contribution in [3.05, 3.63) is 47.0 Å². The summed E-state index contributed by atoms with van der Waals surface area (Å²) in [7, 11) is 1.80. The summed E-state index contributed by atoms with van der Waals surface area (Å²) in [6.07, 6.45) is -0.482. The lowest BCUT2D eigenvalue weighted by Gasteiger charge is -2.13. The maximum absolute atomic E-state index is 12.9. The van der Waals surface area contributed by atoms with E-state index in [4.69, 9.17) is 0 Å². The van der Waals surface area contributed by atoms with Crippen LogP contribution in [-0.2, 0) is 13.2 Å². The first kappa shape index (κ1) is 18.2. The number of likely N-dealkylation sites (tertiary alicyclic amines) is 1. The van der Waals surface area contributed by atoms with E-state index in [0.717, 1.165) is 53.7 Å². The lowest BCUT2D eigenvalue weighted by molar-refractivity contribution is -0.137. The number of nitrogens with zero attached hydrogens (tertiary/aromatic N) is 4. The lowest BCUT2D eigenvalue weighted by atomic mass is 10.2. The van der Waals surface area contributed by atoms with E-state index >= 15 is 0 Å². The molecule has 0 radical (unpaired) electrons. The standard InChI is InChI=1S/C20H17F3N4OS/c1-25-11-14-17-15(10-16(29-17)19(28)26-8-2-3-9-26)27(18(14)24-25)13-6-4-12(5-7-13)20(21,22)23/h4-7,10-11H,2-3,8-9H2,1H3. The van der Waals surface area contributed by atoms with Gasteiger partial charge in [0, 0.05) is 32.0 Å². The molecular formula is C20H17F3N4OS. The van der Waals surface area contributed by atoms with Gasteiger partial charge in [0.25, 0.3) is 5.91 Å². The van der Waals surface area contributed by atoms with Gasteiger partial charge in [-0.15, -0.1) is 11.3 Å². The summed E-state index contributed by atoms with van der Waals surface area (Å²) in [6.45, 7) is 1.53. The van der Waals surface area contributed by atoms with E-state index < -0.39 is 11.7 Å². The summed E-state index contributed by atoms with van der Waals surface area (Å²) in [4.78, 5) is 15.3. The van der Waals surface area contributed by atoms with E-state index in [9.17, 15) is 18.0 Å². The van der Waals surface area contributed by atoms with Crippen LogP contribution in [0.3, 0.4) is 0 Å². The number of benzene rings is 1. The molecule has 0 saturated carbocycles. The van der Waals surface area contributed by atoms with Gasteiger partial charge in [-0.25, -0.2) is 0 Å². The van der Waals surface area contributed by atoms with Crippen molar-refractivity contribution in [2.75, 3.05) is 13.1 Å². The first-order valence-electron chi connectivity index (χ1n) is 9.27. The van der Waals surface area contributed by atoms with Gasteiger partial charge in [0.2, 0.25) is 0 Å². The van der Waals surface area contributed by atoms with Gasteiger partial charge in [-0.05, 0) is 43.2 Å². The molecular weight excluding hydrogens is 401 g/mol. The first-order chi connectivity index (χ1) is 13.8. The van der Waals surface area contributed by atoms with Gasteiger partial charge in [0.15, 0.2) is 5.65 Å². The van der Waals surface area contributed by atoms with Crippen molar-refractivity contribution in [3.63, 3.8) is 0 Å². The van der Waals surface area contributed by atoms with Crippen molar-refractivity contribution < 1.29 is 18.0 Å². The minimum absolute atomic E-state index is 0.0136. The molecule has 4 aromatic rings. The Labute approximate surface area is 167 Å². The zero-order valence-electron chi connectivity index (χ0n) is 15.5. The van der Waals surface area contributed by atoms with Gasteiger partial charge in [0.1, 0.15) is 0 Å². The van der Waals surface area contributed by atoms with Crippen molar-refractivity contribution in [1.29, 1.82) is 0 Å². The largest absolute Gasteiger partial charge is 0.416 e. The van der Waals surface area contributed by atoms with Crippen molar-refractivity contribution in [2.45, 2.75) is 19.0 Å². The number of halogens is 3. The average molecular weight is 418 g/mol. The Hall–Kier alpha value is -2.81. The number of alkyl halides is 3. The van der Waals surface area contributed by atoms with E-state index in [1.165, 1.54) is 23.5 Å². The van der Waals surface area contributed by atoms with E-state index in [1.54, 1.807) is 11.7 Å².